The molecular weight excluding hydrogens is 426 g/mol. The van der Waals surface area contributed by atoms with Crippen LogP contribution in [-0.2, 0) is 4.79 Å². The van der Waals surface area contributed by atoms with Gasteiger partial charge < -0.3 is 20.3 Å². The Hall–Kier alpha value is -4.06. The Morgan fingerprint density at radius 3 is 2.26 bits per heavy atom. The van der Waals surface area contributed by atoms with Crippen molar-refractivity contribution in [3.05, 3.63) is 103 Å². The highest BCUT2D eigenvalue weighted by Gasteiger charge is 2.37. The normalized spacial score (nSPS) is 14.6. The number of carbonyl (C=O) groups excluding carboxylic acids is 2. The van der Waals surface area contributed by atoms with Gasteiger partial charge in [-0.3, -0.25) is 4.79 Å². The molecule has 6 nitrogen and oxygen atoms in total. The first-order chi connectivity index (χ1) is 16.4. The monoisotopic (exact) mass is 455 g/mol. The number of rotatable bonds is 6. The lowest BCUT2D eigenvalue weighted by molar-refractivity contribution is -0.127. The van der Waals surface area contributed by atoms with E-state index in [2.05, 4.69) is 17.2 Å². The van der Waals surface area contributed by atoms with Crippen LogP contribution in [0.5, 0.6) is 5.75 Å². The van der Waals surface area contributed by atoms with Gasteiger partial charge in [0.25, 0.3) is 0 Å². The lowest BCUT2D eigenvalue weighted by atomic mass is 9.93. The van der Waals surface area contributed by atoms with E-state index in [4.69, 9.17) is 4.74 Å². The van der Waals surface area contributed by atoms with Gasteiger partial charge in [-0.1, -0.05) is 66.7 Å². The van der Waals surface area contributed by atoms with Crippen LogP contribution in [0.15, 0.2) is 91.5 Å². The molecule has 0 saturated carbocycles. The van der Waals surface area contributed by atoms with Crippen molar-refractivity contribution in [1.82, 2.24) is 5.32 Å². The summed E-state index contributed by atoms with van der Waals surface area (Å²) < 4.78 is 5.98. The molecule has 4 rings (SSSR count). The van der Waals surface area contributed by atoms with Crippen LogP contribution >= 0.6 is 0 Å². The van der Waals surface area contributed by atoms with Crippen LogP contribution < -0.4 is 20.3 Å². The van der Waals surface area contributed by atoms with E-state index in [1.807, 2.05) is 74.5 Å². The summed E-state index contributed by atoms with van der Waals surface area (Å²) in [6, 6.07) is 24.3. The first-order valence-corrected chi connectivity index (χ1v) is 11.3. The Labute approximate surface area is 200 Å². The minimum Gasteiger partial charge on any atom is -0.490 e. The number of anilines is 2. The summed E-state index contributed by atoms with van der Waals surface area (Å²) in [5.74, 6) is 0.513. The Balaban J connectivity index is 1.56. The van der Waals surface area contributed by atoms with Crippen LogP contribution in [0.2, 0.25) is 0 Å². The van der Waals surface area contributed by atoms with Crippen LogP contribution in [0.1, 0.15) is 31.0 Å². The Morgan fingerprint density at radius 2 is 1.68 bits per heavy atom. The topological polar surface area (TPSA) is 70.7 Å². The molecule has 0 unspecified atom stereocenters. The number of hydrogen-bond donors (Lipinski definition) is 2. The maximum absolute atomic E-state index is 13.0. The van der Waals surface area contributed by atoms with Crippen molar-refractivity contribution < 1.29 is 14.3 Å². The summed E-state index contributed by atoms with van der Waals surface area (Å²) in [4.78, 5) is 27.6. The molecule has 174 valence electrons. The molecule has 0 bridgehead atoms. The zero-order valence-corrected chi connectivity index (χ0v) is 19.5. The summed E-state index contributed by atoms with van der Waals surface area (Å²) in [5.41, 5.74) is 2.52. The van der Waals surface area contributed by atoms with Gasteiger partial charge in [0.1, 0.15) is 12.4 Å². The van der Waals surface area contributed by atoms with E-state index in [0.29, 0.717) is 23.7 Å². The molecule has 0 spiro atoms. The summed E-state index contributed by atoms with van der Waals surface area (Å²) >= 11 is 0. The molecule has 0 saturated heterocycles. The van der Waals surface area contributed by atoms with Gasteiger partial charge in [0.2, 0.25) is 5.91 Å². The molecule has 0 fully saturated rings. The Kier molecular flexibility index (Phi) is 6.68. The predicted octanol–water partition coefficient (Wildman–Crippen LogP) is 5.54. The average molecular weight is 456 g/mol. The van der Waals surface area contributed by atoms with E-state index in [0.717, 1.165) is 11.1 Å². The maximum atomic E-state index is 13.0. The first kappa shape index (κ1) is 23.1. The quantitative estimate of drug-likeness (QED) is 0.480. The van der Waals surface area contributed by atoms with E-state index in [1.54, 1.807) is 29.2 Å². The van der Waals surface area contributed by atoms with Gasteiger partial charge in [0, 0.05) is 18.3 Å². The van der Waals surface area contributed by atoms with E-state index in [1.165, 1.54) is 0 Å². The average Bonchev–Trinajstić information content (AvgIpc) is 2.94. The summed E-state index contributed by atoms with van der Waals surface area (Å²) in [7, 11) is 0. The van der Waals surface area contributed by atoms with Crippen LogP contribution in [0.4, 0.5) is 16.2 Å². The second kappa shape index (κ2) is 9.83. The second-order valence-corrected chi connectivity index (χ2v) is 8.91. The minimum absolute atomic E-state index is 0.0295. The third-order valence-corrected chi connectivity index (χ3v) is 5.77. The maximum Gasteiger partial charge on any atom is 0.319 e. The van der Waals surface area contributed by atoms with E-state index in [9.17, 15) is 9.59 Å². The third-order valence-electron chi connectivity index (χ3n) is 5.77. The first-order valence-electron chi connectivity index (χ1n) is 11.3. The van der Waals surface area contributed by atoms with Crippen molar-refractivity contribution in [1.29, 1.82) is 0 Å². The number of benzene rings is 3. The van der Waals surface area contributed by atoms with Gasteiger partial charge >= 0.3 is 6.03 Å². The van der Waals surface area contributed by atoms with Gasteiger partial charge in [-0.15, -0.1) is 6.58 Å². The molecule has 0 radical (unpaired) electrons. The zero-order chi connectivity index (χ0) is 24.1. The lowest BCUT2D eigenvalue weighted by Gasteiger charge is -2.27. The fourth-order valence-corrected chi connectivity index (χ4v) is 3.98. The van der Waals surface area contributed by atoms with Crippen molar-refractivity contribution in [2.24, 2.45) is 5.41 Å². The van der Waals surface area contributed by atoms with Crippen LogP contribution in [0.3, 0.4) is 0 Å². The zero-order valence-electron chi connectivity index (χ0n) is 19.5. The molecule has 1 heterocycles. The number of carbonyl (C=O) groups is 2. The second-order valence-electron chi connectivity index (χ2n) is 8.91. The molecule has 1 aliphatic heterocycles. The number of nitrogens with one attached hydrogen (secondary N) is 2. The number of ether oxygens (including phenoxy) is 1. The molecule has 3 aromatic carbocycles. The molecule has 3 aromatic rings. The molecule has 6 heteroatoms. The molecule has 3 amide bonds. The van der Waals surface area contributed by atoms with Crippen molar-refractivity contribution in [2.45, 2.75) is 19.9 Å². The molecule has 0 aromatic heterocycles. The Morgan fingerprint density at radius 1 is 1.06 bits per heavy atom. The van der Waals surface area contributed by atoms with Gasteiger partial charge in [-0.05, 0) is 37.1 Å². The largest absolute Gasteiger partial charge is 0.490 e. The number of nitrogens with zero attached hydrogens (tertiary/aromatic N) is 1. The number of fused-ring (bicyclic) bond motifs is 1. The van der Waals surface area contributed by atoms with Crippen molar-refractivity contribution >= 4 is 23.3 Å². The smallest absolute Gasteiger partial charge is 0.319 e. The number of hydrogen-bond acceptors (Lipinski definition) is 3. The summed E-state index contributed by atoms with van der Waals surface area (Å²) in [6.07, 6.45) is 1.69. The molecule has 0 atom stereocenters. The highest BCUT2D eigenvalue weighted by molar-refractivity contribution is 6.00. The van der Waals surface area contributed by atoms with Gasteiger partial charge in [0.15, 0.2) is 0 Å². The molecule has 1 aliphatic rings. The lowest BCUT2D eigenvalue weighted by Crippen LogP contribution is -2.42. The molecule has 2 N–H and O–H groups in total. The summed E-state index contributed by atoms with van der Waals surface area (Å²) in [6.45, 7) is 8.11. The number of urea groups is 1. The van der Waals surface area contributed by atoms with Gasteiger partial charge in [0.05, 0.1) is 17.1 Å². The molecule has 34 heavy (non-hydrogen) atoms. The van der Waals surface area contributed by atoms with E-state index >= 15 is 0 Å². The molecule has 0 aliphatic carbocycles. The fourth-order valence-electron chi connectivity index (χ4n) is 3.98. The van der Waals surface area contributed by atoms with E-state index < -0.39 is 5.41 Å². The van der Waals surface area contributed by atoms with Crippen LogP contribution in [-0.4, -0.2) is 25.1 Å². The standard InChI is InChI=1S/C28H29N3O3/c1-4-17-31-23-16-15-22(18-24(23)34-19-28(2,3)26(31)32)29-27(33)30-25(20-11-7-5-8-12-20)21-13-9-6-10-14-21/h4-16,18,25H,1,17,19H2,2-3H3,(H2,29,30,33). The molecular formula is C28H29N3O3. The van der Waals surface area contributed by atoms with Crippen molar-refractivity contribution in [3.8, 4) is 5.75 Å². The van der Waals surface area contributed by atoms with Crippen LogP contribution in [0.25, 0.3) is 0 Å². The van der Waals surface area contributed by atoms with E-state index in [-0.39, 0.29) is 24.6 Å². The SMILES string of the molecule is C=CCN1C(=O)C(C)(C)COc2cc(NC(=O)NC(c3ccccc3)c3ccccc3)ccc21. The fraction of sp³-hybridized carbons (Fsp3) is 0.214. The van der Waals surface area contributed by atoms with Gasteiger partial charge in [-0.2, -0.15) is 0 Å². The summed E-state index contributed by atoms with van der Waals surface area (Å²) in [5, 5.41) is 5.98. The number of amides is 3. The highest BCUT2D eigenvalue weighted by Crippen LogP contribution is 2.38. The van der Waals surface area contributed by atoms with Gasteiger partial charge in [-0.25, -0.2) is 4.79 Å². The highest BCUT2D eigenvalue weighted by atomic mass is 16.5. The Bertz CT molecular complexity index is 1140. The predicted molar refractivity (Wildman–Crippen MR) is 135 cm³/mol. The van der Waals surface area contributed by atoms with Crippen LogP contribution in [0, 0.1) is 5.41 Å². The minimum atomic E-state index is -0.675. The van der Waals surface area contributed by atoms with Crippen molar-refractivity contribution in [3.63, 3.8) is 0 Å². The third kappa shape index (κ3) is 4.96. The van der Waals surface area contributed by atoms with Crippen molar-refractivity contribution in [2.75, 3.05) is 23.4 Å².